The summed E-state index contributed by atoms with van der Waals surface area (Å²) in [6.07, 6.45) is 1.44. The summed E-state index contributed by atoms with van der Waals surface area (Å²) in [4.78, 5) is 18.6. The van der Waals surface area contributed by atoms with Crippen molar-refractivity contribution in [1.29, 1.82) is 0 Å². The van der Waals surface area contributed by atoms with Crippen molar-refractivity contribution in [1.82, 2.24) is 15.2 Å². The lowest BCUT2D eigenvalue weighted by molar-refractivity contribution is 0.0649. The summed E-state index contributed by atoms with van der Waals surface area (Å²) < 4.78 is 5.42. The number of piperazine rings is 1. The maximum Gasteiger partial charge on any atom is 0.276 e. The monoisotopic (exact) mass is 271 g/mol. The maximum absolute atomic E-state index is 12.4. The van der Waals surface area contributed by atoms with E-state index < -0.39 is 0 Å². The molecule has 0 aliphatic carbocycles. The fourth-order valence-electron chi connectivity index (χ4n) is 2.38. The van der Waals surface area contributed by atoms with Crippen LogP contribution in [0.1, 0.15) is 17.4 Å². The number of benzene rings is 1. The molecule has 5 heteroatoms. The van der Waals surface area contributed by atoms with E-state index in [1.165, 1.54) is 6.26 Å². The second-order valence-corrected chi connectivity index (χ2v) is 4.96. The zero-order valence-electron chi connectivity index (χ0n) is 11.4. The lowest BCUT2D eigenvalue weighted by Gasteiger charge is -2.33. The molecule has 5 nitrogen and oxygen atoms in total. The van der Waals surface area contributed by atoms with Crippen LogP contribution in [0.15, 0.2) is 41.0 Å². The first-order valence-electron chi connectivity index (χ1n) is 6.78. The number of carbonyl (C=O) groups is 1. The molecule has 1 N–H and O–H groups in total. The van der Waals surface area contributed by atoms with Crippen molar-refractivity contribution in [2.24, 2.45) is 0 Å². The Morgan fingerprint density at radius 2 is 2.20 bits per heavy atom. The van der Waals surface area contributed by atoms with Gasteiger partial charge in [-0.3, -0.25) is 4.79 Å². The minimum Gasteiger partial charge on any atom is -0.444 e. The van der Waals surface area contributed by atoms with Crippen LogP contribution >= 0.6 is 0 Å². The number of aromatic nitrogens is 1. The summed E-state index contributed by atoms with van der Waals surface area (Å²) in [6, 6.07) is 9.76. The van der Waals surface area contributed by atoms with Gasteiger partial charge in [0.2, 0.25) is 5.89 Å². The van der Waals surface area contributed by atoms with E-state index in [1.807, 2.05) is 42.2 Å². The van der Waals surface area contributed by atoms with Crippen LogP contribution in [0, 0.1) is 0 Å². The maximum atomic E-state index is 12.4. The molecule has 0 saturated carbocycles. The van der Waals surface area contributed by atoms with Gasteiger partial charge in [-0.05, 0) is 19.1 Å². The van der Waals surface area contributed by atoms with Crippen molar-refractivity contribution >= 4 is 5.91 Å². The van der Waals surface area contributed by atoms with E-state index in [0.717, 1.165) is 18.7 Å². The zero-order valence-corrected chi connectivity index (χ0v) is 11.4. The highest BCUT2D eigenvalue weighted by Gasteiger charge is 2.26. The molecule has 2 aromatic rings. The molecule has 0 bridgehead atoms. The van der Waals surface area contributed by atoms with E-state index >= 15 is 0 Å². The average molecular weight is 271 g/mol. The van der Waals surface area contributed by atoms with Crippen LogP contribution in [0.25, 0.3) is 11.5 Å². The first-order chi connectivity index (χ1) is 9.75. The van der Waals surface area contributed by atoms with Crippen LogP contribution in [-0.4, -0.2) is 41.5 Å². The third-order valence-corrected chi connectivity index (χ3v) is 3.51. The second kappa shape index (κ2) is 5.46. The van der Waals surface area contributed by atoms with Crippen LogP contribution in [0.2, 0.25) is 0 Å². The van der Waals surface area contributed by atoms with Gasteiger partial charge < -0.3 is 14.6 Å². The van der Waals surface area contributed by atoms with Gasteiger partial charge in [0.05, 0.1) is 0 Å². The first-order valence-corrected chi connectivity index (χ1v) is 6.78. The van der Waals surface area contributed by atoms with E-state index in [-0.39, 0.29) is 11.9 Å². The molecule has 0 radical (unpaired) electrons. The topological polar surface area (TPSA) is 58.4 Å². The van der Waals surface area contributed by atoms with Crippen LogP contribution in [0.4, 0.5) is 0 Å². The van der Waals surface area contributed by atoms with Crippen LogP contribution in [-0.2, 0) is 0 Å². The zero-order chi connectivity index (χ0) is 13.9. The highest BCUT2D eigenvalue weighted by Crippen LogP contribution is 2.19. The van der Waals surface area contributed by atoms with Crippen molar-refractivity contribution in [2.45, 2.75) is 13.0 Å². The molecule has 2 heterocycles. The minimum absolute atomic E-state index is 0.0649. The Morgan fingerprint density at radius 3 is 2.95 bits per heavy atom. The molecule has 20 heavy (non-hydrogen) atoms. The molecule has 1 aliphatic heterocycles. The molecule has 0 unspecified atom stereocenters. The highest BCUT2D eigenvalue weighted by atomic mass is 16.3. The van der Waals surface area contributed by atoms with Crippen LogP contribution < -0.4 is 5.32 Å². The third kappa shape index (κ3) is 2.44. The number of rotatable bonds is 2. The summed E-state index contributed by atoms with van der Waals surface area (Å²) >= 11 is 0. The lowest BCUT2D eigenvalue weighted by atomic mass is 10.2. The fraction of sp³-hybridized carbons (Fsp3) is 0.333. The van der Waals surface area contributed by atoms with Gasteiger partial charge in [0.25, 0.3) is 5.91 Å². The highest BCUT2D eigenvalue weighted by molar-refractivity contribution is 5.92. The standard InChI is InChI=1S/C15H17N3O2/c1-11-9-16-7-8-18(11)15(19)13-10-20-14(17-13)12-5-3-2-4-6-12/h2-6,10-11,16H,7-9H2,1H3/t11-/m1/s1. The van der Waals surface area contributed by atoms with E-state index in [0.29, 0.717) is 18.1 Å². The summed E-state index contributed by atoms with van der Waals surface area (Å²) in [5, 5.41) is 3.26. The normalized spacial score (nSPS) is 19.1. The number of hydrogen-bond donors (Lipinski definition) is 1. The average Bonchev–Trinajstić information content (AvgIpc) is 2.98. The molecule has 1 amide bonds. The summed E-state index contributed by atoms with van der Waals surface area (Å²) in [5.74, 6) is 0.418. The first kappa shape index (κ1) is 12.9. The van der Waals surface area contributed by atoms with Gasteiger partial charge in [0.1, 0.15) is 6.26 Å². The van der Waals surface area contributed by atoms with Crippen LogP contribution in [0.3, 0.4) is 0 Å². The molecule has 1 aromatic carbocycles. The van der Waals surface area contributed by atoms with E-state index in [1.54, 1.807) is 0 Å². The molecule has 3 rings (SSSR count). The predicted octanol–water partition coefficient (Wildman–Crippen LogP) is 1.78. The van der Waals surface area contributed by atoms with Gasteiger partial charge >= 0.3 is 0 Å². The minimum atomic E-state index is -0.0649. The van der Waals surface area contributed by atoms with Gasteiger partial charge in [0.15, 0.2) is 5.69 Å². The molecule has 104 valence electrons. The molecular weight excluding hydrogens is 254 g/mol. The predicted molar refractivity (Wildman–Crippen MR) is 75.3 cm³/mol. The number of carbonyl (C=O) groups excluding carboxylic acids is 1. The molecule has 1 saturated heterocycles. The van der Waals surface area contributed by atoms with Gasteiger partial charge in [-0.25, -0.2) is 4.98 Å². The number of oxazole rings is 1. The van der Waals surface area contributed by atoms with Gasteiger partial charge in [-0.1, -0.05) is 18.2 Å². The Kier molecular flexibility index (Phi) is 3.52. The molecule has 1 aromatic heterocycles. The van der Waals surface area contributed by atoms with Crippen molar-refractivity contribution in [3.05, 3.63) is 42.3 Å². The molecule has 0 spiro atoms. The van der Waals surface area contributed by atoms with E-state index in [9.17, 15) is 4.79 Å². The number of amides is 1. The quantitative estimate of drug-likeness (QED) is 0.904. The Bertz CT molecular complexity index is 594. The summed E-state index contributed by atoms with van der Waals surface area (Å²) in [7, 11) is 0. The SMILES string of the molecule is C[C@@H]1CNCCN1C(=O)c1coc(-c2ccccc2)n1. The number of nitrogens with zero attached hydrogens (tertiary/aromatic N) is 2. The Labute approximate surface area is 117 Å². The third-order valence-electron chi connectivity index (χ3n) is 3.51. The number of hydrogen-bond acceptors (Lipinski definition) is 4. The molecule has 1 atom stereocenters. The molecule has 1 aliphatic rings. The largest absolute Gasteiger partial charge is 0.444 e. The summed E-state index contributed by atoms with van der Waals surface area (Å²) in [6.45, 7) is 4.37. The van der Waals surface area contributed by atoms with Crippen molar-refractivity contribution in [3.63, 3.8) is 0 Å². The van der Waals surface area contributed by atoms with Gasteiger partial charge in [-0.2, -0.15) is 0 Å². The van der Waals surface area contributed by atoms with Gasteiger partial charge in [0, 0.05) is 31.2 Å². The Morgan fingerprint density at radius 1 is 1.40 bits per heavy atom. The summed E-state index contributed by atoms with van der Waals surface area (Å²) in [5.41, 5.74) is 1.25. The second-order valence-electron chi connectivity index (χ2n) is 4.96. The smallest absolute Gasteiger partial charge is 0.276 e. The molecular formula is C15H17N3O2. The van der Waals surface area contributed by atoms with Crippen molar-refractivity contribution in [2.75, 3.05) is 19.6 Å². The Hall–Kier alpha value is -2.14. The molecule has 1 fully saturated rings. The van der Waals surface area contributed by atoms with Crippen LogP contribution in [0.5, 0.6) is 0 Å². The van der Waals surface area contributed by atoms with E-state index in [2.05, 4.69) is 10.3 Å². The van der Waals surface area contributed by atoms with Gasteiger partial charge in [-0.15, -0.1) is 0 Å². The fourth-order valence-corrected chi connectivity index (χ4v) is 2.38. The lowest BCUT2D eigenvalue weighted by Crippen LogP contribution is -2.52. The Balaban J connectivity index is 1.81. The van der Waals surface area contributed by atoms with Crippen molar-refractivity contribution < 1.29 is 9.21 Å². The van der Waals surface area contributed by atoms with E-state index in [4.69, 9.17) is 4.42 Å². The number of nitrogens with one attached hydrogen (secondary N) is 1. The van der Waals surface area contributed by atoms with Crippen molar-refractivity contribution in [3.8, 4) is 11.5 Å².